The number of pyridine rings is 1. The summed E-state index contributed by atoms with van der Waals surface area (Å²) in [7, 11) is 0. The molecule has 0 fully saturated rings. The first-order chi connectivity index (χ1) is 11.1. The van der Waals surface area contributed by atoms with Crippen molar-refractivity contribution in [2.75, 3.05) is 5.32 Å². The van der Waals surface area contributed by atoms with Crippen molar-refractivity contribution in [1.82, 2.24) is 4.98 Å². The summed E-state index contributed by atoms with van der Waals surface area (Å²) in [5, 5.41) is 3.54. The van der Waals surface area contributed by atoms with Gasteiger partial charge in [0.1, 0.15) is 11.6 Å². The molecule has 0 saturated carbocycles. The molecular weight excluding hydrogens is 298 g/mol. The minimum absolute atomic E-state index is 0.251. The van der Waals surface area contributed by atoms with Crippen molar-refractivity contribution in [3.05, 3.63) is 78.0 Å². The van der Waals surface area contributed by atoms with E-state index in [9.17, 15) is 13.6 Å². The lowest BCUT2D eigenvalue weighted by atomic mass is 10.1. The van der Waals surface area contributed by atoms with Crippen LogP contribution in [-0.4, -0.2) is 10.9 Å². The first-order valence-corrected chi connectivity index (χ1v) is 6.92. The minimum atomic E-state index is -0.721. The van der Waals surface area contributed by atoms with Gasteiger partial charge in [-0.3, -0.25) is 9.78 Å². The first-order valence-electron chi connectivity index (χ1n) is 6.92. The monoisotopic (exact) mass is 310 g/mol. The SMILES string of the molecule is O=C(/C=C/c1c(F)cccc1F)Nc1cccc2cccnc12. The molecule has 5 heteroatoms. The molecule has 0 aliphatic carbocycles. The van der Waals surface area contributed by atoms with Gasteiger partial charge in [0.05, 0.1) is 11.2 Å². The fourth-order valence-corrected chi connectivity index (χ4v) is 2.21. The Hall–Kier alpha value is -3.08. The van der Waals surface area contributed by atoms with Crippen LogP contribution >= 0.6 is 0 Å². The number of nitrogens with zero attached hydrogens (tertiary/aromatic N) is 1. The Bertz CT molecular complexity index is 881. The first kappa shape index (κ1) is 14.8. The number of rotatable bonds is 3. The van der Waals surface area contributed by atoms with Crippen LogP contribution in [0.25, 0.3) is 17.0 Å². The zero-order valence-corrected chi connectivity index (χ0v) is 12.0. The van der Waals surface area contributed by atoms with Gasteiger partial charge < -0.3 is 5.32 Å². The Morgan fingerprint density at radius 2 is 1.70 bits per heavy atom. The van der Waals surface area contributed by atoms with Crippen molar-refractivity contribution in [1.29, 1.82) is 0 Å². The summed E-state index contributed by atoms with van der Waals surface area (Å²) >= 11 is 0. The van der Waals surface area contributed by atoms with E-state index < -0.39 is 17.5 Å². The van der Waals surface area contributed by atoms with Crippen LogP contribution in [0.15, 0.2) is 60.8 Å². The van der Waals surface area contributed by atoms with Gasteiger partial charge in [0.15, 0.2) is 0 Å². The topological polar surface area (TPSA) is 42.0 Å². The van der Waals surface area contributed by atoms with E-state index in [2.05, 4.69) is 10.3 Å². The van der Waals surface area contributed by atoms with E-state index in [0.717, 1.165) is 29.7 Å². The van der Waals surface area contributed by atoms with E-state index in [1.165, 1.54) is 6.07 Å². The molecule has 1 aromatic heterocycles. The molecule has 0 spiro atoms. The molecule has 0 aliphatic rings. The molecule has 0 aliphatic heterocycles. The van der Waals surface area contributed by atoms with Crippen molar-refractivity contribution in [2.24, 2.45) is 0 Å². The highest BCUT2D eigenvalue weighted by molar-refractivity contribution is 6.06. The van der Waals surface area contributed by atoms with E-state index in [1.54, 1.807) is 24.4 Å². The van der Waals surface area contributed by atoms with Crippen LogP contribution in [0.2, 0.25) is 0 Å². The van der Waals surface area contributed by atoms with Crippen molar-refractivity contribution >= 4 is 28.6 Å². The molecule has 3 aromatic rings. The summed E-state index contributed by atoms with van der Waals surface area (Å²) in [6, 6.07) is 12.6. The number of hydrogen-bond acceptors (Lipinski definition) is 2. The molecule has 0 atom stereocenters. The van der Waals surface area contributed by atoms with Gasteiger partial charge in [0, 0.05) is 23.2 Å². The molecular formula is C18H12F2N2O. The number of para-hydroxylation sites is 1. The number of halogens is 2. The highest BCUT2D eigenvalue weighted by atomic mass is 19.1. The average Bonchev–Trinajstić information content (AvgIpc) is 2.55. The summed E-state index contributed by atoms with van der Waals surface area (Å²) in [6.07, 6.45) is 3.82. The number of anilines is 1. The molecule has 0 bridgehead atoms. The number of hydrogen-bond donors (Lipinski definition) is 1. The Morgan fingerprint density at radius 3 is 2.48 bits per heavy atom. The zero-order valence-electron chi connectivity index (χ0n) is 12.0. The van der Waals surface area contributed by atoms with Crippen LogP contribution in [0, 0.1) is 11.6 Å². The van der Waals surface area contributed by atoms with E-state index in [-0.39, 0.29) is 5.56 Å². The van der Waals surface area contributed by atoms with Crippen molar-refractivity contribution in [3.63, 3.8) is 0 Å². The van der Waals surface area contributed by atoms with Crippen LogP contribution in [0.5, 0.6) is 0 Å². The maximum Gasteiger partial charge on any atom is 0.248 e. The number of aromatic nitrogens is 1. The number of benzene rings is 2. The third-order valence-corrected chi connectivity index (χ3v) is 3.29. The lowest BCUT2D eigenvalue weighted by molar-refractivity contribution is -0.111. The molecule has 3 nitrogen and oxygen atoms in total. The van der Waals surface area contributed by atoms with Crippen molar-refractivity contribution < 1.29 is 13.6 Å². The second-order valence-corrected chi connectivity index (χ2v) is 4.84. The number of carbonyl (C=O) groups excluding carboxylic acids is 1. The van der Waals surface area contributed by atoms with Gasteiger partial charge in [-0.05, 0) is 30.3 Å². The molecule has 23 heavy (non-hydrogen) atoms. The minimum Gasteiger partial charge on any atom is -0.321 e. The van der Waals surface area contributed by atoms with Crippen LogP contribution in [0.1, 0.15) is 5.56 Å². The molecule has 1 heterocycles. The number of nitrogens with one attached hydrogen (secondary N) is 1. The summed E-state index contributed by atoms with van der Waals surface area (Å²) in [4.78, 5) is 16.2. The molecule has 2 aromatic carbocycles. The van der Waals surface area contributed by atoms with Gasteiger partial charge in [0.2, 0.25) is 5.91 Å². The maximum absolute atomic E-state index is 13.5. The van der Waals surface area contributed by atoms with Gasteiger partial charge in [-0.25, -0.2) is 8.78 Å². The van der Waals surface area contributed by atoms with E-state index >= 15 is 0 Å². The average molecular weight is 310 g/mol. The standard InChI is InChI=1S/C18H12F2N2O/c19-14-6-2-7-15(20)13(14)9-10-17(23)22-16-8-1-4-12-5-3-11-21-18(12)16/h1-11H,(H,22,23)/b10-9+. The summed E-state index contributed by atoms with van der Waals surface area (Å²) in [5.41, 5.74) is 0.930. The van der Waals surface area contributed by atoms with Crippen LogP contribution in [0.3, 0.4) is 0 Å². The van der Waals surface area contributed by atoms with Gasteiger partial charge in [-0.2, -0.15) is 0 Å². The van der Waals surface area contributed by atoms with Gasteiger partial charge in [0.25, 0.3) is 0 Å². The summed E-state index contributed by atoms with van der Waals surface area (Å²) in [5.74, 6) is -1.94. The fraction of sp³-hybridized carbons (Fsp3) is 0. The summed E-state index contributed by atoms with van der Waals surface area (Å²) < 4.78 is 27.0. The lowest BCUT2D eigenvalue weighted by Gasteiger charge is -2.05. The third kappa shape index (κ3) is 3.23. The summed E-state index contributed by atoms with van der Waals surface area (Å²) in [6.45, 7) is 0. The normalized spacial score (nSPS) is 11.0. The van der Waals surface area contributed by atoms with Gasteiger partial charge in [-0.15, -0.1) is 0 Å². The Labute approximate surface area is 131 Å². The zero-order chi connectivity index (χ0) is 16.2. The van der Waals surface area contributed by atoms with Crippen molar-refractivity contribution in [3.8, 4) is 0 Å². The Morgan fingerprint density at radius 1 is 1.00 bits per heavy atom. The van der Waals surface area contributed by atoms with E-state index in [0.29, 0.717) is 11.2 Å². The van der Waals surface area contributed by atoms with Gasteiger partial charge >= 0.3 is 0 Å². The highest BCUT2D eigenvalue weighted by Gasteiger charge is 2.07. The second-order valence-electron chi connectivity index (χ2n) is 4.84. The largest absolute Gasteiger partial charge is 0.321 e. The fourth-order valence-electron chi connectivity index (χ4n) is 2.21. The highest BCUT2D eigenvalue weighted by Crippen LogP contribution is 2.20. The molecule has 3 rings (SSSR count). The molecule has 0 unspecified atom stereocenters. The van der Waals surface area contributed by atoms with E-state index in [1.807, 2.05) is 12.1 Å². The van der Waals surface area contributed by atoms with Crippen LogP contribution in [0.4, 0.5) is 14.5 Å². The Kier molecular flexibility index (Phi) is 4.10. The molecule has 0 saturated heterocycles. The van der Waals surface area contributed by atoms with Crippen molar-refractivity contribution in [2.45, 2.75) is 0 Å². The predicted octanol–water partition coefficient (Wildman–Crippen LogP) is 4.16. The molecule has 114 valence electrons. The maximum atomic E-state index is 13.5. The van der Waals surface area contributed by atoms with Crippen LogP contribution < -0.4 is 5.32 Å². The molecule has 1 amide bonds. The van der Waals surface area contributed by atoms with Crippen LogP contribution in [-0.2, 0) is 4.79 Å². The second kappa shape index (κ2) is 6.36. The molecule has 1 N–H and O–H groups in total. The predicted molar refractivity (Wildman–Crippen MR) is 85.8 cm³/mol. The van der Waals surface area contributed by atoms with E-state index in [4.69, 9.17) is 0 Å². The number of carbonyl (C=O) groups is 1. The molecule has 0 radical (unpaired) electrons. The Balaban J connectivity index is 1.83. The number of fused-ring (bicyclic) bond motifs is 1. The lowest BCUT2D eigenvalue weighted by Crippen LogP contribution is -2.08. The smallest absolute Gasteiger partial charge is 0.248 e. The quantitative estimate of drug-likeness (QED) is 0.738. The third-order valence-electron chi connectivity index (χ3n) is 3.29. The number of amides is 1. The van der Waals surface area contributed by atoms with Gasteiger partial charge in [-0.1, -0.05) is 24.3 Å².